The van der Waals surface area contributed by atoms with Crippen LogP contribution in [0.3, 0.4) is 0 Å². The summed E-state index contributed by atoms with van der Waals surface area (Å²) in [5.41, 5.74) is 0.500. The lowest BCUT2D eigenvalue weighted by Crippen LogP contribution is -2.39. The lowest BCUT2D eigenvalue weighted by molar-refractivity contribution is -0.215. The van der Waals surface area contributed by atoms with Crippen LogP contribution in [-0.2, 0) is 19.6 Å². The number of unbranched alkanes of at least 4 members (excludes halogenated alkanes) is 1. The first-order valence-corrected chi connectivity index (χ1v) is 12.7. The molecule has 0 fully saturated rings. The molecule has 0 radical (unpaired) electrons. The Hall–Kier alpha value is 0.0500. The SMILES string of the molecule is O=C(CCCCNC(=O)c1cc(I)cc(I)c1I)OC(CS(=O)(=O)O)C(F)(F)F. The minimum Gasteiger partial charge on any atom is -0.451 e. The Morgan fingerprint density at radius 3 is 2.34 bits per heavy atom. The van der Waals surface area contributed by atoms with Crippen molar-refractivity contribution in [2.45, 2.75) is 31.5 Å². The largest absolute Gasteiger partial charge is 0.451 e. The summed E-state index contributed by atoms with van der Waals surface area (Å²) in [6, 6.07) is 3.64. The fraction of sp³-hybridized carbons (Fsp3) is 0.467. The highest BCUT2D eigenvalue weighted by Gasteiger charge is 2.45. The monoisotopic (exact) mass is 775 g/mol. The van der Waals surface area contributed by atoms with Gasteiger partial charge in [0.2, 0.25) is 6.10 Å². The van der Waals surface area contributed by atoms with E-state index in [4.69, 9.17) is 4.55 Å². The molecule has 1 atom stereocenters. The summed E-state index contributed by atoms with van der Waals surface area (Å²) < 4.78 is 74.6. The van der Waals surface area contributed by atoms with Crippen molar-refractivity contribution in [1.29, 1.82) is 0 Å². The second-order valence-corrected chi connectivity index (χ2v) is 10.7. The van der Waals surface area contributed by atoms with Gasteiger partial charge >= 0.3 is 12.1 Å². The Labute approximate surface area is 206 Å². The number of hydrogen-bond donors (Lipinski definition) is 2. The zero-order chi connectivity index (χ0) is 22.4. The Morgan fingerprint density at radius 2 is 1.79 bits per heavy atom. The number of carbonyl (C=O) groups is 2. The van der Waals surface area contributed by atoms with E-state index in [9.17, 15) is 31.2 Å². The average Bonchev–Trinajstić information content (AvgIpc) is 2.55. The molecule has 0 bridgehead atoms. The maximum absolute atomic E-state index is 12.7. The lowest BCUT2D eigenvalue weighted by atomic mass is 10.2. The Bertz CT molecular complexity index is 864. The van der Waals surface area contributed by atoms with Gasteiger partial charge in [-0.05, 0) is 92.7 Å². The maximum Gasteiger partial charge on any atom is 0.426 e. The van der Waals surface area contributed by atoms with Gasteiger partial charge in [0.25, 0.3) is 16.0 Å². The number of carbonyl (C=O) groups excluding carboxylic acids is 2. The Balaban J connectivity index is 2.46. The summed E-state index contributed by atoms with van der Waals surface area (Å²) in [6.45, 7) is 0.192. The van der Waals surface area contributed by atoms with Crippen LogP contribution in [0.5, 0.6) is 0 Å². The van der Waals surface area contributed by atoms with Gasteiger partial charge in [0.15, 0.2) is 0 Å². The van der Waals surface area contributed by atoms with Crippen LogP contribution in [0.4, 0.5) is 13.2 Å². The molecule has 14 heteroatoms. The molecule has 1 unspecified atom stereocenters. The fourth-order valence-corrected chi connectivity index (χ4v) is 5.06. The number of nitrogens with one attached hydrogen (secondary N) is 1. The van der Waals surface area contributed by atoms with Crippen LogP contribution in [0, 0.1) is 10.7 Å². The summed E-state index contributed by atoms with van der Waals surface area (Å²) >= 11 is 6.26. The number of halogens is 6. The summed E-state index contributed by atoms with van der Waals surface area (Å²) in [5, 5.41) is 2.67. The zero-order valence-corrected chi connectivity index (χ0v) is 21.7. The van der Waals surface area contributed by atoms with Crippen molar-refractivity contribution in [2.24, 2.45) is 0 Å². The summed E-state index contributed by atoms with van der Waals surface area (Å²) in [7, 11) is -4.97. The van der Waals surface area contributed by atoms with E-state index in [1.807, 2.05) is 6.07 Å². The third-order valence-corrected chi connectivity index (χ3v) is 7.72. The molecule has 1 aromatic rings. The molecular weight excluding hydrogens is 760 g/mol. The van der Waals surface area contributed by atoms with E-state index in [1.54, 1.807) is 6.07 Å². The van der Waals surface area contributed by atoms with Crippen LogP contribution in [0.25, 0.3) is 0 Å². The molecule has 2 N–H and O–H groups in total. The van der Waals surface area contributed by atoms with Crippen molar-refractivity contribution < 1.29 is 40.5 Å². The van der Waals surface area contributed by atoms with Gasteiger partial charge in [-0.3, -0.25) is 14.1 Å². The second-order valence-electron chi connectivity index (χ2n) is 5.73. The number of alkyl halides is 3. The van der Waals surface area contributed by atoms with Crippen LogP contribution in [-0.4, -0.2) is 49.4 Å². The van der Waals surface area contributed by atoms with Crippen LogP contribution >= 0.6 is 67.8 Å². The van der Waals surface area contributed by atoms with Crippen molar-refractivity contribution in [1.82, 2.24) is 5.32 Å². The minimum atomic E-state index is -5.12. The molecule has 0 spiro atoms. The summed E-state index contributed by atoms with van der Waals surface area (Å²) in [4.78, 5) is 23.8. The predicted molar refractivity (Wildman–Crippen MR) is 123 cm³/mol. The molecule has 29 heavy (non-hydrogen) atoms. The predicted octanol–water partition coefficient (Wildman–Crippen LogP) is 3.76. The van der Waals surface area contributed by atoms with Gasteiger partial charge in [-0.1, -0.05) is 0 Å². The van der Waals surface area contributed by atoms with Crippen molar-refractivity contribution in [3.8, 4) is 0 Å². The van der Waals surface area contributed by atoms with Gasteiger partial charge in [0, 0.05) is 23.7 Å². The molecule has 1 amide bonds. The lowest BCUT2D eigenvalue weighted by Gasteiger charge is -2.19. The van der Waals surface area contributed by atoms with E-state index >= 15 is 0 Å². The smallest absolute Gasteiger partial charge is 0.426 e. The number of rotatable bonds is 9. The molecule has 0 aliphatic rings. The van der Waals surface area contributed by atoms with Crippen LogP contribution < -0.4 is 5.32 Å². The maximum atomic E-state index is 12.7. The Morgan fingerprint density at radius 1 is 1.17 bits per heavy atom. The van der Waals surface area contributed by atoms with Crippen molar-refractivity contribution in [3.63, 3.8) is 0 Å². The van der Waals surface area contributed by atoms with E-state index < -0.39 is 40.5 Å². The molecule has 0 saturated heterocycles. The van der Waals surface area contributed by atoms with Crippen molar-refractivity contribution in [2.75, 3.05) is 12.3 Å². The van der Waals surface area contributed by atoms with Gasteiger partial charge in [-0.25, -0.2) is 0 Å². The van der Waals surface area contributed by atoms with Gasteiger partial charge in [-0.15, -0.1) is 0 Å². The van der Waals surface area contributed by atoms with E-state index in [0.29, 0.717) is 12.0 Å². The first-order valence-electron chi connectivity index (χ1n) is 7.85. The van der Waals surface area contributed by atoms with Gasteiger partial charge < -0.3 is 10.1 Å². The van der Waals surface area contributed by atoms with Gasteiger partial charge in [-0.2, -0.15) is 21.6 Å². The standard InChI is InChI=1S/C15H15F3I3NO6S/c16-15(17,18)11(7-29(25,26)27)28-12(23)3-1-2-4-22-14(24)9-5-8(19)6-10(20)13(9)21/h5-6,11H,1-4,7H2,(H,22,24)(H,25,26,27). The first kappa shape index (κ1) is 27.1. The zero-order valence-electron chi connectivity index (χ0n) is 14.4. The second kappa shape index (κ2) is 11.6. The quantitative estimate of drug-likeness (QED) is 0.130. The Kier molecular flexibility index (Phi) is 10.8. The highest BCUT2D eigenvalue weighted by molar-refractivity contribution is 14.1. The van der Waals surface area contributed by atoms with E-state index in [2.05, 4.69) is 77.8 Å². The summed E-state index contributed by atoms with van der Waals surface area (Å²) in [5.74, 6) is -3.31. The molecule has 1 rings (SSSR count). The number of amides is 1. The molecule has 0 heterocycles. The molecule has 7 nitrogen and oxygen atoms in total. The van der Waals surface area contributed by atoms with E-state index in [0.717, 1.165) is 10.7 Å². The average molecular weight is 775 g/mol. The van der Waals surface area contributed by atoms with Gasteiger partial charge in [0.1, 0.15) is 5.75 Å². The number of hydrogen-bond acceptors (Lipinski definition) is 5. The highest BCUT2D eigenvalue weighted by atomic mass is 127. The van der Waals surface area contributed by atoms with Crippen LogP contribution in [0.15, 0.2) is 12.1 Å². The molecular formula is C15H15F3I3NO6S. The van der Waals surface area contributed by atoms with Gasteiger partial charge in [0.05, 0.1) is 5.56 Å². The van der Waals surface area contributed by atoms with E-state index in [1.165, 1.54) is 0 Å². The number of ether oxygens (including phenoxy) is 1. The third-order valence-electron chi connectivity index (χ3n) is 3.33. The number of esters is 1. The van der Waals surface area contributed by atoms with Crippen molar-refractivity contribution >= 4 is 89.8 Å². The molecule has 164 valence electrons. The molecule has 0 saturated carbocycles. The third kappa shape index (κ3) is 10.3. The molecule has 0 aliphatic heterocycles. The molecule has 0 aromatic heterocycles. The minimum absolute atomic E-state index is 0.122. The van der Waals surface area contributed by atoms with Crippen LogP contribution in [0.1, 0.15) is 29.6 Å². The fourth-order valence-electron chi connectivity index (χ4n) is 2.02. The van der Waals surface area contributed by atoms with Crippen molar-refractivity contribution in [3.05, 3.63) is 28.4 Å². The first-order chi connectivity index (χ1) is 13.2. The summed E-state index contributed by atoms with van der Waals surface area (Å²) in [6.07, 6.45) is -8.03. The highest BCUT2D eigenvalue weighted by Crippen LogP contribution is 2.25. The van der Waals surface area contributed by atoms with Crippen LogP contribution in [0.2, 0.25) is 0 Å². The molecule has 0 aliphatic carbocycles. The van der Waals surface area contributed by atoms with E-state index in [-0.39, 0.29) is 18.9 Å². The molecule has 1 aromatic carbocycles. The topological polar surface area (TPSA) is 110 Å². The normalized spacial score (nSPS) is 13.1. The number of benzene rings is 1.